The van der Waals surface area contributed by atoms with Crippen LogP contribution in [0.5, 0.6) is 0 Å². The molecule has 92 valence electrons. The number of hydrogen-bond acceptors (Lipinski definition) is 2. The Bertz CT molecular complexity index is 554. The van der Waals surface area contributed by atoms with Gasteiger partial charge in [-0.2, -0.15) is 0 Å². The Morgan fingerprint density at radius 1 is 1.11 bits per heavy atom. The number of ketones is 1. The minimum Gasteiger partial charge on any atom is -0.288 e. The second kappa shape index (κ2) is 4.69. The van der Waals surface area contributed by atoms with Crippen molar-refractivity contribution in [3.05, 3.63) is 56.8 Å². The Labute approximate surface area is 111 Å². The summed E-state index contributed by atoms with van der Waals surface area (Å²) in [5.74, 6) is 0.175. The highest BCUT2D eigenvalue weighted by molar-refractivity contribution is 7.14. The zero-order valence-electron chi connectivity index (χ0n) is 10.5. The van der Waals surface area contributed by atoms with Gasteiger partial charge in [-0.1, -0.05) is 29.8 Å². The molecule has 2 heteroatoms. The summed E-state index contributed by atoms with van der Waals surface area (Å²) in [5.41, 5.74) is 3.40. The van der Waals surface area contributed by atoms with Crippen LogP contribution in [0.25, 0.3) is 0 Å². The Balaban J connectivity index is 1.92. The number of carbonyl (C=O) groups excluding carboxylic acids is 1. The molecule has 1 aliphatic carbocycles. The lowest BCUT2D eigenvalue weighted by atomic mass is 9.98. The van der Waals surface area contributed by atoms with Crippen molar-refractivity contribution in [3.63, 3.8) is 0 Å². The highest BCUT2D eigenvalue weighted by Crippen LogP contribution is 2.30. The standard InChI is InChI=1S/C16H16OS/c1-11-6-8-12(9-7-11)16(17)15-10-13-4-2-3-5-14(13)18-15/h6-10H,2-5H2,1H3. The van der Waals surface area contributed by atoms with E-state index in [0.717, 1.165) is 23.3 Å². The molecule has 0 N–H and O–H groups in total. The second-order valence-corrected chi connectivity index (χ2v) is 6.10. The molecule has 0 unspecified atom stereocenters. The fraction of sp³-hybridized carbons (Fsp3) is 0.312. The van der Waals surface area contributed by atoms with Crippen LogP contribution in [0.3, 0.4) is 0 Å². The van der Waals surface area contributed by atoms with Gasteiger partial charge in [0.2, 0.25) is 5.78 Å². The summed E-state index contributed by atoms with van der Waals surface area (Å²) in [6.45, 7) is 2.04. The number of carbonyl (C=O) groups is 1. The quantitative estimate of drug-likeness (QED) is 0.737. The average Bonchev–Trinajstić information content (AvgIpc) is 2.82. The first-order chi connectivity index (χ1) is 8.74. The topological polar surface area (TPSA) is 17.1 Å². The van der Waals surface area contributed by atoms with Gasteiger partial charge < -0.3 is 0 Å². The first kappa shape index (κ1) is 11.7. The van der Waals surface area contributed by atoms with Crippen molar-refractivity contribution in [2.75, 3.05) is 0 Å². The zero-order valence-corrected chi connectivity index (χ0v) is 11.3. The van der Waals surface area contributed by atoms with Gasteiger partial charge in [0.05, 0.1) is 4.88 Å². The van der Waals surface area contributed by atoms with E-state index in [0.29, 0.717) is 0 Å². The predicted octanol–water partition coefficient (Wildman–Crippen LogP) is 4.17. The van der Waals surface area contributed by atoms with E-state index < -0.39 is 0 Å². The van der Waals surface area contributed by atoms with E-state index in [1.165, 1.54) is 28.8 Å². The summed E-state index contributed by atoms with van der Waals surface area (Å²) in [5, 5.41) is 0. The Morgan fingerprint density at radius 3 is 2.56 bits per heavy atom. The Morgan fingerprint density at radius 2 is 1.83 bits per heavy atom. The summed E-state index contributed by atoms with van der Waals surface area (Å²) in [7, 11) is 0. The fourth-order valence-corrected chi connectivity index (χ4v) is 3.67. The molecule has 1 aromatic carbocycles. The van der Waals surface area contributed by atoms with Gasteiger partial charge >= 0.3 is 0 Å². The molecule has 2 aromatic rings. The van der Waals surface area contributed by atoms with E-state index in [1.54, 1.807) is 11.3 Å². The van der Waals surface area contributed by atoms with Crippen molar-refractivity contribution in [1.82, 2.24) is 0 Å². The maximum atomic E-state index is 12.4. The molecule has 0 fully saturated rings. The molecule has 0 radical (unpaired) electrons. The first-order valence-electron chi connectivity index (χ1n) is 6.47. The molecule has 1 aromatic heterocycles. The van der Waals surface area contributed by atoms with Crippen LogP contribution in [0, 0.1) is 6.92 Å². The van der Waals surface area contributed by atoms with Gasteiger partial charge in [0.15, 0.2) is 0 Å². The van der Waals surface area contributed by atoms with Gasteiger partial charge in [0, 0.05) is 10.4 Å². The Kier molecular flexibility index (Phi) is 3.04. The lowest BCUT2D eigenvalue weighted by Gasteiger charge is -2.08. The van der Waals surface area contributed by atoms with Crippen LogP contribution in [0.2, 0.25) is 0 Å². The van der Waals surface area contributed by atoms with E-state index >= 15 is 0 Å². The molecule has 0 atom stereocenters. The molecule has 18 heavy (non-hydrogen) atoms. The van der Waals surface area contributed by atoms with Gasteiger partial charge in [-0.3, -0.25) is 4.79 Å². The van der Waals surface area contributed by atoms with Crippen LogP contribution in [0.1, 0.15) is 44.1 Å². The van der Waals surface area contributed by atoms with Crippen molar-refractivity contribution in [1.29, 1.82) is 0 Å². The Hall–Kier alpha value is -1.41. The van der Waals surface area contributed by atoms with Crippen LogP contribution < -0.4 is 0 Å². The molecule has 3 rings (SSSR count). The highest BCUT2D eigenvalue weighted by Gasteiger charge is 2.18. The van der Waals surface area contributed by atoms with Crippen molar-refractivity contribution in [2.45, 2.75) is 32.6 Å². The largest absolute Gasteiger partial charge is 0.288 e. The monoisotopic (exact) mass is 256 g/mol. The number of benzene rings is 1. The van der Waals surface area contributed by atoms with E-state index in [1.807, 2.05) is 31.2 Å². The molecule has 0 spiro atoms. The maximum Gasteiger partial charge on any atom is 0.202 e. The molecule has 1 nitrogen and oxygen atoms in total. The normalized spacial score (nSPS) is 14.3. The van der Waals surface area contributed by atoms with Gasteiger partial charge in [-0.05, 0) is 44.2 Å². The predicted molar refractivity (Wildman–Crippen MR) is 75.6 cm³/mol. The van der Waals surface area contributed by atoms with E-state index in [4.69, 9.17) is 0 Å². The third-order valence-electron chi connectivity index (χ3n) is 3.53. The van der Waals surface area contributed by atoms with Crippen LogP contribution in [-0.4, -0.2) is 5.78 Å². The van der Waals surface area contributed by atoms with Crippen LogP contribution in [0.4, 0.5) is 0 Å². The van der Waals surface area contributed by atoms with Crippen molar-refractivity contribution < 1.29 is 4.79 Å². The smallest absolute Gasteiger partial charge is 0.202 e. The minimum atomic E-state index is 0.175. The fourth-order valence-electron chi connectivity index (χ4n) is 2.45. The third-order valence-corrected chi connectivity index (χ3v) is 4.77. The molecule has 0 saturated carbocycles. The van der Waals surface area contributed by atoms with Gasteiger partial charge in [0.25, 0.3) is 0 Å². The number of aryl methyl sites for hydroxylation is 3. The molecule has 0 bridgehead atoms. The van der Waals surface area contributed by atoms with Crippen LogP contribution in [-0.2, 0) is 12.8 Å². The maximum absolute atomic E-state index is 12.4. The minimum absolute atomic E-state index is 0.175. The lowest BCUT2D eigenvalue weighted by Crippen LogP contribution is -1.98. The van der Waals surface area contributed by atoms with Crippen molar-refractivity contribution in [3.8, 4) is 0 Å². The molecule has 0 amide bonds. The van der Waals surface area contributed by atoms with E-state index in [-0.39, 0.29) is 5.78 Å². The van der Waals surface area contributed by atoms with Crippen molar-refractivity contribution in [2.24, 2.45) is 0 Å². The van der Waals surface area contributed by atoms with Gasteiger partial charge in [-0.15, -0.1) is 11.3 Å². The SMILES string of the molecule is Cc1ccc(C(=O)c2cc3c(s2)CCCC3)cc1. The van der Waals surface area contributed by atoms with Gasteiger partial charge in [-0.25, -0.2) is 0 Å². The molecule has 0 aliphatic heterocycles. The third kappa shape index (κ3) is 2.13. The first-order valence-corrected chi connectivity index (χ1v) is 7.28. The number of rotatable bonds is 2. The molecule has 1 heterocycles. The molecular formula is C16H16OS. The second-order valence-electron chi connectivity index (χ2n) is 4.96. The van der Waals surface area contributed by atoms with E-state index in [9.17, 15) is 4.79 Å². The summed E-state index contributed by atoms with van der Waals surface area (Å²) in [6.07, 6.45) is 4.84. The van der Waals surface area contributed by atoms with Crippen molar-refractivity contribution >= 4 is 17.1 Å². The van der Waals surface area contributed by atoms with Crippen LogP contribution >= 0.6 is 11.3 Å². The van der Waals surface area contributed by atoms with E-state index in [2.05, 4.69) is 6.07 Å². The molecule has 0 saturated heterocycles. The summed E-state index contributed by atoms with van der Waals surface area (Å²) >= 11 is 1.69. The number of thiophene rings is 1. The molecular weight excluding hydrogens is 240 g/mol. The number of fused-ring (bicyclic) bond motifs is 1. The van der Waals surface area contributed by atoms with Gasteiger partial charge in [0.1, 0.15) is 0 Å². The highest BCUT2D eigenvalue weighted by atomic mass is 32.1. The summed E-state index contributed by atoms with van der Waals surface area (Å²) < 4.78 is 0. The lowest BCUT2D eigenvalue weighted by molar-refractivity contribution is 0.104. The zero-order chi connectivity index (χ0) is 12.5. The molecule has 1 aliphatic rings. The summed E-state index contributed by atoms with van der Waals surface area (Å²) in [4.78, 5) is 14.7. The summed E-state index contributed by atoms with van der Waals surface area (Å²) in [6, 6.07) is 9.97. The van der Waals surface area contributed by atoms with Crippen LogP contribution in [0.15, 0.2) is 30.3 Å². The number of hydrogen-bond donors (Lipinski definition) is 0. The average molecular weight is 256 g/mol.